The lowest BCUT2D eigenvalue weighted by Crippen LogP contribution is -2.16. The van der Waals surface area contributed by atoms with Crippen molar-refractivity contribution in [1.82, 2.24) is 0 Å². The second kappa shape index (κ2) is 5.70. The van der Waals surface area contributed by atoms with E-state index in [1.807, 2.05) is 0 Å². The molecule has 0 aromatic rings. The molecule has 2 heteroatoms. The van der Waals surface area contributed by atoms with Crippen LogP contribution in [0.25, 0.3) is 0 Å². The molecule has 0 atom stereocenters. The van der Waals surface area contributed by atoms with Crippen LogP contribution in [0.1, 0.15) is 13.8 Å². The Morgan fingerprint density at radius 2 is 1.44 bits per heavy atom. The molecule has 0 aliphatic rings. The van der Waals surface area contributed by atoms with E-state index in [2.05, 4.69) is 76.4 Å². The Labute approximate surface area is 104 Å². The second-order valence-corrected chi connectivity index (χ2v) is 16.4. The third-order valence-electron chi connectivity index (χ3n) is 1.86. The summed E-state index contributed by atoms with van der Waals surface area (Å²) in [6, 6.07) is 0. The fourth-order valence-corrected chi connectivity index (χ4v) is 2.10. The van der Waals surface area contributed by atoms with Crippen molar-refractivity contribution in [2.45, 2.75) is 53.1 Å². The van der Waals surface area contributed by atoms with Crippen molar-refractivity contribution in [2.75, 3.05) is 0 Å². The monoisotopic (exact) mass is 250 g/mol. The van der Waals surface area contributed by atoms with Crippen LogP contribution in [-0.4, -0.2) is 16.1 Å². The highest BCUT2D eigenvalue weighted by molar-refractivity contribution is 6.84. The van der Waals surface area contributed by atoms with Gasteiger partial charge in [0.2, 0.25) is 0 Å². The largest absolute Gasteiger partial charge is 0.129 e. The van der Waals surface area contributed by atoms with Gasteiger partial charge < -0.3 is 0 Å². The molecule has 0 saturated carbocycles. The lowest BCUT2D eigenvalue weighted by Gasteiger charge is -2.09. The van der Waals surface area contributed by atoms with E-state index >= 15 is 0 Å². The molecule has 0 saturated heterocycles. The summed E-state index contributed by atoms with van der Waals surface area (Å²) in [5.74, 6) is 3.36. The Kier molecular flexibility index (Phi) is 5.51. The first-order chi connectivity index (χ1) is 7.01. The van der Waals surface area contributed by atoms with Crippen LogP contribution in [0.4, 0.5) is 0 Å². The van der Waals surface area contributed by atoms with Crippen LogP contribution in [0.15, 0.2) is 22.9 Å². The molecule has 0 spiro atoms. The average molecular weight is 251 g/mol. The van der Waals surface area contributed by atoms with E-state index in [-0.39, 0.29) is 0 Å². The molecule has 0 rings (SSSR count). The van der Waals surface area contributed by atoms with Crippen molar-refractivity contribution in [3.63, 3.8) is 0 Å². The van der Waals surface area contributed by atoms with Crippen LogP contribution in [-0.2, 0) is 0 Å². The van der Waals surface area contributed by atoms with E-state index in [0.717, 1.165) is 0 Å². The Balaban J connectivity index is 5.02. The first kappa shape index (κ1) is 15.5. The molecular weight excluding hydrogens is 224 g/mol. The normalized spacial score (nSPS) is 12.2. The summed E-state index contributed by atoms with van der Waals surface area (Å²) in [6.45, 7) is 18.2. The molecule has 0 amide bonds. The van der Waals surface area contributed by atoms with Crippen molar-refractivity contribution >= 4 is 16.1 Å². The van der Waals surface area contributed by atoms with Crippen LogP contribution in [0.5, 0.6) is 0 Å². The minimum absolute atomic E-state index is 1.11. The zero-order chi connectivity index (χ0) is 13.0. The van der Waals surface area contributed by atoms with Crippen LogP contribution in [0.2, 0.25) is 39.3 Å². The van der Waals surface area contributed by atoms with Gasteiger partial charge in [0.05, 0.1) is 8.07 Å². The van der Waals surface area contributed by atoms with Gasteiger partial charge in [-0.1, -0.05) is 62.6 Å². The molecule has 0 aliphatic heterocycles. The maximum Gasteiger partial charge on any atom is 0.129 e. The molecule has 16 heavy (non-hydrogen) atoms. The standard InChI is InChI=1S/C14H26Si2/c1-13(2)14(9-11-15(3,4)5)10-12-16(6,7)8/h9,11H,1-8H3/b11-9+. The van der Waals surface area contributed by atoms with E-state index in [9.17, 15) is 0 Å². The highest BCUT2D eigenvalue weighted by Crippen LogP contribution is 2.09. The van der Waals surface area contributed by atoms with Gasteiger partial charge in [0, 0.05) is 5.57 Å². The van der Waals surface area contributed by atoms with Crippen molar-refractivity contribution < 1.29 is 0 Å². The van der Waals surface area contributed by atoms with Gasteiger partial charge in [0.15, 0.2) is 0 Å². The van der Waals surface area contributed by atoms with Crippen LogP contribution in [0, 0.1) is 11.5 Å². The highest BCUT2D eigenvalue weighted by atomic mass is 28.3. The zero-order valence-corrected chi connectivity index (χ0v) is 14.2. The van der Waals surface area contributed by atoms with Crippen molar-refractivity contribution in [1.29, 1.82) is 0 Å². The van der Waals surface area contributed by atoms with Crippen LogP contribution in [0.3, 0.4) is 0 Å². The van der Waals surface area contributed by atoms with Gasteiger partial charge in [-0.15, -0.1) is 5.54 Å². The molecule has 90 valence electrons. The van der Waals surface area contributed by atoms with Crippen LogP contribution >= 0.6 is 0 Å². The molecule has 0 bridgehead atoms. The summed E-state index contributed by atoms with van der Waals surface area (Å²) in [5, 5.41) is 0. The van der Waals surface area contributed by atoms with Crippen molar-refractivity contribution in [3.05, 3.63) is 22.9 Å². The maximum atomic E-state index is 3.43. The maximum absolute atomic E-state index is 3.43. The smallest absolute Gasteiger partial charge is 0.127 e. The molecule has 0 N–H and O–H groups in total. The summed E-state index contributed by atoms with van der Waals surface area (Å²) in [5.41, 5.74) is 8.34. The molecular formula is C14H26Si2. The number of hydrogen-bond donors (Lipinski definition) is 0. The number of rotatable bonds is 2. The molecule has 0 fully saturated rings. The van der Waals surface area contributed by atoms with Gasteiger partial charge in [0.1, 0.15) is 8.07 Å². The van der Waals surface area contributed by atoms with E-state index in [1.54, 1.807) is 0 Å². The summed E-state index contributed by atoms with van der Waals surface area (Å²) in [4.78, 5) is 0. The van der Waals surface area contributed by atoms with E-state index in [4.69, 9.17) is 0 Å². The van der Waals surface area contributed by atoms with Gasteiger partial charge in [-0.3, -0.25) is 0 Å². The lowest BCUT2D eigenvalue weighted by molar-refractivity contribution is 1.36. The van der Waals surface area contributed by atoms with Gasteiger partial charge in [-0.05, 0) is 13.8 Å². The Morgan fingerprint density at radius 3 is 1.75 bits per heavy atom. The average Bonchev–Trinajstić information content (AvgIpc) is 1.98. The molecule has 0 unspecified atom stereocenters. The van der Waals surface area contributed by atoms with Crippen LogP contribution < -0.4 is 0 Å². The first-order valence-corrected chi connectivity index (χ1v) is 13.0. The minimum Gasteiger partial charge on any atom is -0.127 e. The first-order valence-electron chi connectivity index (χ1n) is 5.91. The topological polar surface area (TPSA) is 0 Å². The van der Waals surface area contributed by atoms with Gasteiger partial charge in [-0.2, -0.15) is 0 Å². The van der Waals surface area contributed by atoms with E-state index in [0.29, 0.717) is 0 Å². The van der Waals surface area contributed by atoms with Gasteiger partial charge in [-0.25, -0.2) is 0 Å². The van der Waals surface area contributed by atoms with E-state index in [1.165, 1.54) is 11.1 Å². The number of hydrogen-bond acceptors (Lipinski definition) is 0. The van der Waals surface area contributed by atoms with Gasteiger partial charge in [0.25, 0.3) is 0 Å². The molecule has 0 aromatic carbocycles. The fraction of sp³-hybridized carbons (Fsp3) is 0.571. The highest BCUT2D eigenvalue weighted by Gasteiger charge is 2.09. The van der Waals surface area contributed by atoms with Gasteiger partial charge >= 0.3 is 0 Å². The fourth-order valence-electron chi connectivity index (χ4n) is 0.922. The summed E-state index contributed by atoms with van der Waals surface area (Å²) >= 11 is 0. The Bertz CT molecular complexity index is 345. The lowest BCUT2D eigenvalue weighted by atomic mass is 10.2. The zero-order valence-electron chi connectivity index (χ0n) is 12.2. The third-order valence-corrected chi connectivity index (χ3v) is 3.90. The Morgan fingerprint density at radius 1 is 0.938 bits per heavy atom. The predicted octanol–water partition coefficient (Wildman–Crippen LogP) is 4.64. The number of allylic oxidation sites excluding steroid dienone is 3. The molecule has 0 nitrogen and oxygen atoms in total. The quantitative estimate of drug-likeness (QED) is 0.380. The third kappa shape index (κ3) is 8.76. The SMILES string of the molecule is CC(C)=C(C#C[Si](C)(C)C)/C=C/[Si](C)(C)C. The second-order valence-electron chi connectivity index (χ2n) is 6.61. The molecule has 0 heterocycles. The molecule has 0 aromatic heterocycles. The summed E-state index contributed by atoms with van der Waals surface area (Å²) < 4.78 is 0. The predicted molar refractivity (Wildman–Crippen MR) is 82.0 cm³/mol. The summed E-state index contributed by atoms with van der Waals surface area (Å²) in [6.07, 6.45) is 2.23. The van der Waals surface area contributed by atoms with Crippen molar-refractivity contribution in [2.24, 2.45) is 0 Å². The molecule has 0 radical (unpaired) electrons. The van der Waals surface area contributed by atoms with E-state index < -0.39 is 16.1 Å². The molecule has 0 aliphatic carbocycles. The van der Waals surface area contributed by atoms with Crippen molar-refractivity contribution in [3.8, 4) is 11.5 Å². The Hall–Kier alpha value is -0.526. The minimum atomic E-state index is -1.26. The summed E-state index contributed by atoms with van der Waals surface area (Å²) in [7, 11) is -2.37.